The summed E-state index contributed by atoms with van der Waals surface area (Å²) in [5, 5.41) is 8.76. The quantitative estimate of drug-likeness (QED) is 0.863. The third-order valence-electron chi connectivity index (χ3n) is 3.36. The molecule has 1 fully saturated rings. The maximum atomic E-state index is 12.3. The minimum absolute atomic E-state index is 0.0276. The van der Waals surface area contributed by atoms with Gasteiger partial charge in [0.1, 0.15) is 0 Å². The number of nitrogens with zero attached hydrogens (tertiary/aromatic N) is 3. The molecule has 1 saturated heterocycles. The lowest BCUT2D eigenvalue weighted by molar-refractivity contribution is -0.139. The highest BCUT2D eigenvalue weighted by Crippen LogP contribution is 2.25. The Morgan fingerprint density at radius 2 is 2.17 bits per heavy atom. The van der Waals surface area contributed by atoms with E-state index in [-0.39, 0.29) is 23.6 Å². The molecule has 3 heterocycles. The van der Waals surface area contributed by atoms with Crippen LogP contribution in [-0.4, -0.2) is 45.9 Å². The van der Waals surface area contributed by atoms with E-state index < -0.39 is 37.1 Å². The van der Waals surface area contributed by atoms with Crippen molar-refractivity contribution in [2.45, 2.75) is 18.5 Å². The second-order valence-electron chi connectivity index (χ2n) is 5.09. The average Bonchev–Trinajstić information content (AvgIpc) is 2.94. The second-order valence-corrected chi connectivity index (χ2v) is 5.09. The number of imide groups is 1. The van der Waals surface area contributed by atoms with Crippen molar-refractivity contribution in [1.29, 1.82) is 0 Å². The van der Waals surface area contributed by atoms with Gasteiger partial charge in [-0.25, -0.2) is 14.3 Å². The van der Waals surface area contributed by atoms with Gasteiger partial charge >= 0.3 is 12.2 Å². The Kier molecular flexibility index (Phi) is 3.99. The first kappa shape index (κ1) is 16.0. The van der Waals surface area contributed by atoms with Gasteiger partial charge in [-0.05, 0) is 0 Å². The van der Waals surface area contributed by atoms with Gasteiger partial charge in [-0.3, -0.25) is 10.1 Å². The number of carbonyl (C=O) groups excluding carboxylic acids is 2. The number of hydrogen-bond acceptors (Lipinski definition) is 5. The number of fused-ring (bicyclic) bond motifs is 1. The van der Waals surface area contributed by atoms with Crippen molar-refractivity contribution < 1.29 is 27.5 Å². The molecule has 0 aromatic carbocycles. The first-order valence-corrected chi connectivity index (χ1v) is 6.96. The van der Waals surface area contributed by atoms with E-state index in [4.69, 9.17) is 4.74 Å². The van der Waals surface area contributed by atoms with E-state index in [1.165, 1.54) is 23.0 Å². The highest BCUT2D eigenvalue weighted by molar-refractivity contribution is 6.00. The second kappa shape index (κ2) is 5.98. The molecule has 2 aromatic heterocycles. The van der Waals surface area contributed by atoms with Crippen molar-refractivity contribution in [3.63, 3.8) is 0 Å². The number of halogens is 3. The van der Waals surface area contributed by atoms with Crippen LogP contribution in [0.5, 0.6) is 5.75 Å². The maximum absolute atomic E-state index is 12.3. The molecule has 3 amide bonds. The van der Waals surface area contributed by atoms with E-state index in [1.807, 2.05) is 0 Å². The Bertz CT molecular complexity index is 789. The molecule has 0 radical (unpaired) electrons. The van der Waals surface area contributed by atoms with Crippen molar-refractivity contribution >= 4 is 17.6 Å². The van der Waals surface area contributed by atoms with E-state index in [9.17, 15) is 22.8 Å². The molecule has 1 unspecified atom stereocenters. The molecule has 3 rings (SSSR count). The summed E-state index contributed by atoms with van der Waals surface area (Å²) in [6.07, 6.45) is -2.56. The predicted octanol–water partition coefficient (Wildman–Crippen LogP) is 0.984. The zero-order valence-corrected chi connectivity index (χ0v) is 12.1. The van der Waals surface area contributed by atoms with Crippen LogP contribution >= 0.6 is 0 Å². The number of hydrogen-bond donors (Lipinski definition) is 2. The summed E-state index contributed by atoms with van der Waals surface area (Å²) < 4.78 is 43.3. The number of aromatic nitrogens is 3. The molecule has 1 aliphatic heterocycles. The number of rotatable bonds is 4. The molecule has 8 nitrogen and oxygen atoms in total. The van der Waals surface area contributed by atoms with Crippen molar-refractivity contribution in [2.75, 3.05) is 13.2 Å². The van der Waals surface area contributed by atoms with Gasteiger partial charge in [-0.1, -0.05) is 0 Å². The smallest absolute Gasteiger partial charge is 0.392 e. The standard InChI is InChI=1S/C13H12F3N5O3/c14-13(15,16)1-4-24-9-5-8(20-21-3-2-17-10(9)21)7-6-18-12(23)19-11(7)22/h2-3,5,7H,1,4,6H2,(H2,18,19,22,23). The topological polar surface area (TPSA) is 97.6 Å². The third-order valence-corrected chi connectivity index (χ3v) is 3.36. The summed E-state index contributed by atoms with van der Waals surface area (Å²) in [6, 6.07) is 0.752. The Hall–Kier alpha value is -2.85. The van der Waals surface area contributed by atoms with Crippen LogP contribution in [0.2, 0.25) is 0 Å². The fourth-order valence-electron chi connectivity index (χ4n) is 2.23. The summed E-state index contributed by atoms with van der Waals surface area (Å²) in [7, 11) is 0. The highest BCUT2D eigenvalue weighted by atomic mass is 19.4. The Morgan fingerprint density at radius 1 is 1.38 bits per heavy atom. The summed E-state index contributed by atoms with van der Waals surface area (Å²) in [5.74, 6) is -1.25. The van der Waals surface area contributed by atoms with Crippen LogP contribution in [0.15, 0.2) is 18.5 Å². The van der Waals surface area contributed by atoms with Gasteiger partial charge in [0.2, 0.25) is 5.91 Å². The molecule has 0 bridgehead atoms. The van der Waals surface area contributed by atoms with Crippen LogP contribution in [0.4, 0.5) is 18.0 Å². The maximum Gasteiger partial charge on any atom is 0.392 e. The van der Waals surface area contributed by atoms with Crippen LogP contribution in [0.3, 0.4) is 0 Å². The number of alkyl halides is 3. The lowest BCUT2D eigenvalue weighted by Crippen LogP contribution is -2.51. The van der Waals surface area contributed by atoms with Crippen LogP contribution in [0, 0.1) is 0 Å². The lowest BCUT2D eigenvalue weighted by atomic mass is 10.0. The first-order valence-electron chi connectivity index (χ1n) is 6.96. The number of amides is 3. The predicted molar refractivity (Wildman–Crippen MR) is 73.4 cm³/mol. The monoisotopic (exact) mass is 343 g/mol. The fraction of sp³-hybridized carbons (Fsp3) is 0.385. The van der Waals surface area contributed by atoms with Gasteiger partial charge in [0.25, 0.3) is 0 Å². The van der Waals surface area contributed by atoms with E-state index in [2.05, 4.69) is 20.7 Å². The molecule has 0 aliphatic carbocycles. The lowest BCUT2D eigenvalue weighted by Gasteiger charge is -2.22. The Balaban J connectivity index is 1.87. The van der Waals surface area contributed by atoms with E-state index in [0.29, 0.717) is 0 Å². The number of ether oxygens (including phenoxy) is 1. The molecule has 1 atom stereocenters. The van der Waals surface area contributed by atoms with E-state index in [0.717, 1.165) is 0 Å². The van der Waals surface area contributed by atoms with Crippen LogP contribution in [0.1, 0.15) is 18.0 Å². The number of carbonyl (C=O) groups is 2. The van der Waals surface area contributed by atoms with Gasteiger partial charge in [0.15, 0.2) is 11.4 Å². The first-order chi connectivity index (χ1) is 11.3. The van der Waals surface area contributed by atoms with Gasteiger partial charge in [-0.15, -0.1) is 0 Å². The molecule has 128 valence electrons. The molecule has 0 saturated carbocycles. The van der Waals surface area contributed by atoms with Gasteiger partial charge < -0.3 is 10.1 Å². The summed E-state index contributed by atoms with van der Waals surface area (Å²) in [6.45, 7) is -0.553. The van der Waals surface area contributed by atoms with Crippen molar-refractivity contribution in [3.8, 4) is 5.75 Å². The molecule has 0 spiro atoms. The SMILES string of the molecule is O=C1NCC(c2cc(OCCC(F)(F)F)c3nccn3n2)C(=O)N1. The van der Waals surface area contributed by atoms with Gasteiger partial charge in [0, 0.05) is 25.0 Å². The molecular formula is C13H12F3N5O3. The number of urea groups is 1. The summed E-state index contributed by atoms with van der Waals surface area (Å²) in [5.41, 5.74) is 0.487. The molecule has 11 heteroatoms. The van der Waals surface area contributed by atoms with Crippen molar-refractivity contribution in [1.82, 2.24) is 25.2 Å². The molecule has 2 aromatic rings. The van der Waals surface area contributed by atoms with Gasteiger partial charge in [-0.2, -0.15) is 18.3 Å². The number of nitrogens with one attached hydrogen (secondary N) is 2. The molecule has 1 aliphatic rings. The normalized spacial score (nSPS) is 18.4. The van der Waals surface area contributed by atoms with Crippen LogP contribution in [0.25, 0.3) is 5.65 Å². The zero-order valence-electron chi connectivity index (χ0n) is 12.1. The van der Waals surface area contributed by atoms with Crippen molar-refractivity contribution in [3.05, 3.63) is 24.2 Å². The minimum atomic E-state index is -4.34. The van der Waals surface area contributed by atoms with Crippen LogP contribution in [-0.2, 0) is 4.79 Å². The van der Waals surface area contributed by atoms with E-state index >= 15 is 0 Å². The number of imidazole rings is 1. The highest BCUT2D eigenvalue weighted by Gasteiger charge is 2.30. The molecular weight excluding hydrogens is 331 g/mol. The zero-order chi connectivity index (χ0) is 17.3. The fourth-order valence-corrected chi connectivity index (χ4v) is 2.23. The average molecular weight is 343 g/mol. The molecule has 2 N–H and O–H groups in total. The summed E-state index contributed by atoms with van der Waals surface area (Å²) in [4.78, 5) is 27.0. The van der Waals surface area contributed by atoms with Crippen molar-refractivity contribution in [2.24, 2.45) is 0 Å². The van der Waals surface area contributed by atoms with Gasteiger partial charge in [0.05, 0.1) is 24.6 Å². The van der Waals surface area contributed by atoms with Crippen LogP contribution < -0.4 is 15.4 Å². The third kappa shape index (κ3) is 3.39. The van der Waals surface area contributed by atoms with E-state index in [1.54, 1.807) is 0 Å². The Labute approximate surface area is 133 Å². The Morgan fingerprint density at radius 3 is 2.88 bits per heavy atom. The summed E-state index contributed by atoms with van der Waals surface area (Å²) >= 11 is 0. The largest absolute Gasteiger partial charge is 0.489 e. The molecule has 24 heavy (non-hydrogen) atoms. The minimum Gasteiger partial charge on any atom is -0.489 e.